The number of carboxylic acid groups (broad SMARTS) is 1. The topological polar surface area (TPSA) is 79.5 Å². The normalized spacial score (nSPS) is 11.4. The summed E-state index contributed by atoms with van der Waals surface area (Å²) in [5, 5.41) is 13.3. The zero-order chi connectivity index (χ0) is 15.6. The van der Waals surface area contributed by atoms with Crippen molar-refractivity contribution in [3.05, 3.63) is 30.1 Å². The number of carbonyl (C=O) groups is 1. The number of alkyl halides is 1. The fourth-order valence-corrected chi connectivity index (χ4v) is 2.09. The summed E-state index contributed by atoms with van der Waals surface area (Å²) in [4.78, 5) is 17.0. The van der Waals surface area contributed by atoms with Gasteiger partial charge in [-0.2, -0.15) is 0 Å². The van der Waals surface area contributed by atoms with Crippen molar-refractivity contribution >= 4 is 23.5 Å². The molecule has 0 aliphatic rings. The number of aromatic nitrogens is 2. The third-order valence-electron chi connectivity index (χ3n) is 2.82. The van der Waals surface area contributed by atoms with Crippen LogP contribution >= 0.6 is 11.6 Å². The molecule has 21 heavy (non-hydrogen) atoms. The summed E-state index contributed by atoms with van der Waals surface area (Å²) in [6, 6.07) is 5.13. The summed E-state index contributed by atoms with van der Waals surface area (Å²) in [6.07, 6.45) is 0.457. The van der Waals surface area contributed by atoms with E-state index in [0.29, 0.717) is 22.8 Å². The van der Waals surface area contributed by atoms with Crippen molar-refractivity contribution in [1.82, 2.24) is 10.1 Å². The number of hydrogen-bond acceptors (Lipinski definition) is 4. The monoisotopic (exact) mass is 309 g/mol. The first-order valence-corrected chi connectivity index (χ1v) is 6.88. The maximum Gasteiger partial charge on any atom is 0.413 e. The zero-order valence-electron chi connectivity index (χ0n) is 12.0. The maximum atomic E-state index is 11.6. The fourth-order valence-electron chi connectivity index (χ4n) is 1.96. The Kier molecular flexibility index (Phi) is 4.18. The highest BCUT2D eigenvalue weighted by Crippen LogP contribution is 2.33. The van der Waals surface area contributed by atoms with E-state index in [-0.39, 0.29) is 5.88 Å². The molecule has 0 fully saturated rings. The molecule has 0 aliphatic heterocycles. The second-order valence-electron chi connectivity index (χ2n) is 5.48. The van der Waals surface area contributed by atoms with E-state index in [1.165, 1.54) is 4.90 Å². The summed E-state index contributed by atoms with van der Waals surface area (Å²) in [6.45, 7) is 5.39. The first-order valence-electron chi connectivity index (χ1n) is 6.34. The number of pyridine rings is 1. The summed E-state index contributed by atoms with van der Waals surface area (Å²) < 4.78 is 5.23. The van der Waals surface area contributed by atoms with Crippen LogP contribution in [-0.4, -0.2) is 26.9 Å². The van der Waals surface area contributed by atoms with Crippen LogP contribution < -0.4 is 4.90 Å². The van der Waals surface area contributed by atoms with Crippen LogP contribution in [0.2, 0.25) is 0 Å². The molecule has 0 radical (unpaired) electrons. The van der Waals surface area contributed by atoms with Crippen LogP contribution in [0.3, 0.4) is 0 Å². The molecule has 0 unspecified atom stereocenters. The van der Waals surface area contributed by atoms with Crippen molar-refractivity contribution < 1.29 is 14.4 Å². The van der Waals surface area contributed by atoms with Crippen molar-refractivity contribution in [2.75, 3.05) is 4.90 Å². The van der Waals surface area contributed by atoms with Gasteiger partial charge in [0, 0.05) is 17.8 Å². The van der Waals surface area contributed by atoms with E-state index in [2.05, 4.69) is 10.1 Å². The van der Waals surface area contributed by atoms with Gasteiger partial charge in [0.05, 0.1) is 17.1 Å². The third kappa shape index (κ3) is 3.16. The Hall–Kier alpha value is -2.08. The molecule has 0 aromatic carbocycles. The van der Waals surface area contributed by atoms with Gasteiger partial charge in [-0.1, -0.05) is 5.16 Å². The molecule has 112 valence electrons. The summed E-state index contributed by atoms with van der Waals surface area (Å²) in [5.74, 6) is 0.958. The Morgan fingerprint density at radius 3 is 2.71 bits per heavy atom. The van der Waals surface area contributed by atoms with Gasteiger partial charge in [-0.05, 0) is 32.9 Å². The highest BCUT2D eigenvalue weighted by Gasteiger charge is 2.31. The van der Waals surface area contributed by atoms with Gasteiger partial charge in [0.25, 0.3) is 0 Å². The highest BCUT2D eigenvalue weighted by atomic mass is 35.5. The molecule has 0 saturated carbocycles. The molecule has 1 amide bonds. The highest BCUT2D eigenvalue weighted by molar-refractivity contribution is 6.16. The van der Waals surface area contributed by atoms with Gasteiger partial charge in [-0.15, -0.1) is 11.6 Å². The van der Waals surface area contributed by atoms with Gasteiger partial charge >= 0.3 is 6.09 Å². The Morgan fingerprint density at radius 1 is 1.48 bits per heavy atom. The lowest BCUT2D eigenvalue weighted by atomic mass is 10.0. The lowest BCUT2D eigenvalue weighted by Gasteiger charge is -2.32. The molecule has 2 aromatic heterocycles. The molecule has 2 heterocycles. The lowest BCUT2D eigenvalue weighted by Crippen LogP contribution is -2.45. The number of nitrogens with zero attached hydrogens (tertiary/aromatic N) is 3. The van der Waals surface area contributed by atoms with E-state index in [1.807, 2.05) is 0 Å². The number of anilines is 1. The molecule has 7 heteroatoms. The second-order valence-corrected chi connectivity index (χ2v) is 5.75. The standard InChI is InChI=1S/C14H16ClN3O3/c1-14(2,3)18(13(19)20)12-10(5-4-6-16-12)11-7-9(8-15)17-21-11/h4-7H,8H2,1-3H3,(H,19,20). The molecule has 0 spiro atoms. The van der Waals surface area contributed by atoms with E-state index in [9.17, 15) is 9.90 Å². The maximum absolute atomic E-state index is 11.6. The third-order valence-corrected chi connectivity index (χ3v) is 3.10. The van der Waals surface area contributed by atoms with E-state index < -0.39 is 11.6 Å². The van der Waals surface area contributed by atoms with Gasteiger partial charge in [0.15, 0.2) is 5.76 Å². The molecular weight excluding hydrogens is 294 g/mol. The second kappa shape index (κ2) is 5.73. The molecule has 0 saturated heterocycles. The van der Waals surface area contributed by atoms with Crippen molar-refractivity contribution in [2.24, 2.45) is 0 Å². The average molecular weight is 310 g/mol. The summed E-state index contributed by atoms with van der Waals surface area (Å²) in [7, 11) is 0. The van der Waals surface area contributed by atoms with Crippen molar-refractivity contribution in [1.29, 1.82) is 0 Å². The van der Waals surface area contributed by atoms with Crippen LogP contribution in [0, 0.1) is 0 Å². The van der Waals surface area contributed by atoms with Crippen LogP contribution in [0.25, 0.3) is 11.3 Å². The fraction of sp³-hybridized carbons (Fsp3) is 0.357. The Labute approximate surface area is 127 Å². The average Bonchev–Trinajstić information content (AvgIpc) is 2.86. The smallest absolute Gasteiger partial charge is 0.413 e. The Balaban J connectivity index is 2.57. The van der Waals surface area contributed by atoms with Crippen LogP contribution in [0.4, 0.5) is 10.6 Å². The first-order chi connectivity index (χ1) is 9.84. The minimum atomic E-state index is -1.08. The van der Waals surface area contributed by atoms with Gasteiger partial charge < -0.3 is 9.63 Å². The molecule has 1 N–H and O–H groups in total. The number of hydrogen-bond donors (Lipinski definition) is 1. The molecule has 0 atom stereocenters. The van der Waals surface area contributed by atoms with Crippen molar-refractivity contribution in [3.8, 4) is 11.3 Å². The minimum Gasteiger partial charge on any atom is -0.465 e. The Bertz CT molecular complexity index is 649. The van der Waals surface area contributed by atoms with E-state index >= 15 is 0 Å². The van der Waals surface area contributed by atoms with E-state index in [4.69, 9.17) is 16.1 Å². The number of rotatable bonds is 3. The van der Waals surface area contributed by atoms with Gasteiger partial charge in [0.1, 0.15) is 5.82 Å². The molecule has 2 rings (SSSR count). The molecule has 6 nitrogen and oxygen atoms in total. The molecule has 2 aromatic rings. The van der Waals surface area contributed by atoms with Gasteiger partial charge in [0.2, 0.25) is 0 Å². The predicted octanol–water partition coefficient (Wildman–Crippen LogP) is 3.76. The van der Waals surface area contributed by atoms with E-state index in [0.717, 1.165) is 0 Å². The SMILES string of the molecule is CC(C)(C)N(C(=O)O)c1ncccc1-c1cc(CCl)no1. The quantitative estimate of drug-likeness (QED) is 0.873. The Morgan fingerprint density at radius 2 is 2.19 bits per heavy atom. The summed E-state index contributed by atoms with van der Waals surface area (Å²) in [5.41, 5.74) is 0.488. The molecular formula is C14H16ClN3O3. The molecule has 0 bridgehead atoms. The first kappa shape index (κ1) is 15.3. The largest absolute Gasteiger partial charge is 0.465 e. The van der Waals surface area contributed by atoms with Crippen LogP contribution in [0.5, 0.6) is 0 Å². The van der Waals surface area contributed by atoms with Crippen LogP contribution in [-0.2, 0) is 5.88 Å². The molecule has 0 aliphatic carbocycles. The van der Waals surface area contributed by atoms with Crippen LogP contribution in [0.15, 0.2) is 28.9 Å². The lowest BCUT2D eigenvalue weighted by molar-refractivity contribution is 0.195. The van der Waals surface area contributed by atoms with Crippen molar-refractivity contribution in [2.45, 2.75) is 32.2 Å². The van der Waals surface area contributed by atoms with Crippen LogP contribution in [0.1, 0.15) is 26.5 Å². The van der Waals surface area contributed by atoms with Crippen molar-refractivity contribution in [3.63, 3.8) is 0 Å². The van der Waals surface area contributed by atoms with E-state index in [1.54, 1.807) is 45.2 Å². The number of halogens is 1. The summed E-state index contributed by atoms with van der Waals surface area (Å²) >= 11 is 5.71. The number of amides is 1. The van der Waals surface area contributed by atoms with Gasteiger partial charge in [-0.25, -0.2) is 9.78 Å². The predicted molar refractivity (Wildman–Crippen MR) is 79.5 cm³/mol. The zero-order valence-corrected chi connectivity index (χ0v) is 12.8. The van der Waals surface area contributed by atoms with Gasteiger partial charge in [-0.3, -0.25) is 4.90 Å². The minimum absolute atomic E-state index is 0.223.